The molecule has 4 aromatic rings. The van der Waals surface area contributed by atoms with E-state index in [0.29, 0.717) is 11.4 Å². The normalized spacial score (nSPS) is 11.3. The molecule has 33 heavy (non-hydrogen) atoms. The van der Waals surface area contributed by atoms with Crippen molar-refractivity contribution in [1.29, 1.82) is 0 Å². The Labute approximate surface area is 195 Å². The highest BCUT2D eigenvalue weighted by atomic mass is 32.2. The number of hydrogen-bond acceptors (Lipinski definition) is 6. The highest BCUT2D eigenvalue weighted by Gasteiger charge is 2.15. The van der Waals surface area contributed by atoms with Gasteiger partial charge in [0.25, 0.3) is 10.0 Å². The van der Waals surface area contributed by atoms with E-state index < -0.39 is 10.0 Å². The van der Waals surface area contributed by atoms with E-state index in [0.717, 1.165) is 11.3 Å². The van der Waals surface area contributed by atoms with E-state index >= 15 is 0 Å². The van der Waals surface area contributed by atoms with E-state index in [9.17, 15) is 13.2 Å². The molecule has 0 saturated heterocycles. The van der Waals surface area contributed by atoms with E-state index in [4.69, 9.17) is 4.74 Å². The molecule has 0 aliphatic rings. The van der Waals surface area contributed by atoms with Gasteiger partial charge in [0.1, 0.15) is 11.5 Å². The molecule has 3 aromatic carbocycles. The van der Waals surface area contributed by atoms with Crippen LogP contribution in [0.2, 0.25) is 0 Å². The van der Waals surface area contributed by atoms with Crippen molar-refractivity contribution in [3.63, 3.8) is 0 Å². The number of para-hydroxylation sites is 1. The van der Waals surface area contributed by atoms with Crippen molar-refractivity contribution < 1.29 is 17.9 Å². The van der Waals surface area contributed by atoms with Crippen LogP contribution >= 0.6 is 11.3 Å². The average molecular weight is 478 g/mol. The molecule has 2 N–H and O–H groups in total. The molecule has 0 fully saturated rings. The number of hydrogen-bond donors (Lipinski definition) is 2. The number of nitrogens with one attached hydrogen (secondary N) is 2. The summed E-state index contributed by atoms with van der Waals surface area (Å²) in [5.74, 6) is 1.11. The monoisotopic (exact) mass is 477 g/mol. The zero-order chi connectivity index (χ0) is 23.1. The molecule has 0 aliphatic heterocycles. The van der Waals surface area contributed by atoms with Crippen LogP contribution in [0.5, 0.6) is 11.5 Å². The Hall–Kier alpha value is -3.95. The van der Waals surface area contributed by atoms with Crippen molar-refractivity contribution in [2.75, 3.05) is 10.0 Å². The van der Waals surface area contributed by atoms with Gasteiger partial charge in [-0.3, -0.25) is 9.52 Å². The number of rotatable bonds is 8. The number of thiazole rings is 1. The van der Waals surface area contributed by atoms with Gasteiger partial charge in [-0.05, 0) is 60.2 Å². The van der Waals surface area contributed by atoms with Crippen molar-refractivity contribution in [3.8, 4) is 11.5 Å². The zero-order valence-corrected chi connectivity index (χ0v) is 18.8. The Morgan fingerprint density at radius 2 is 1.61 bits per heavy atom. The minimum atomic E-state index is -3.74. The summed E-state index contributed by atoms with van der Waals surface area (Å²) in [7, 11) is -3.74. The number of carbonyl (C=O) groups is 1. The number of ether oxygens (including phenoxy) is 1. The first-order valence-electron chi connectivity index (χ1n) is 9.82. The average Bonchev–Trinajstić information content (AvgIpc) is 3.32. The van der Waals surface area contributed by atoms with E-state index in [1.807, 2.05) is 54.6 Å². The van der Waals surface area contributed by atoms with Crippen LogP contribution in [0.4, 0.5) is 10.8 Å². The standard InChI is InChI=1S/C24H19N3O4S2/c28-23(15-8-18-6-11-21(12-7-18)31-20-4-2-1-3-5-20)26-19-9-13-22(14-10-19)33(29,30)27-24-25-16-17-32-24/h1-17H,(H,25,27)(H,26,28)/b15-8+. The second kappa shape index (κ2) is 10.1. The summed E-state index contributed by atoms with van der Waals surface area (Å²) in [6.07, 6.45) is 4.60. The molecule has 0 radical (unpaired) electrons. The van der Waals surface area contributed by atoms with Gasteiger partial charge in [-0.15, -0.1) is 11.3 Å². The topological polar surface area (TPSA) is 97.4 Å². The molecule has 0 aliphatic carbocycles. The van der Waals surface area contributed by atoms with Gasteiger partial charge >= 0.3 is 0 Å². The highest BCUT2D eigenvalue weighted by molar-refractivity contribution is 7.93. The molecule has 1 heterocycles. The fourth-order valence-electron chi connectivity index (χ4n) is 2.79. The van der Waals surface area contributed by atoms with Gasteiger partial charge in [0.05, 0.1) is 4.90 Å². The van der Waals surface area contributed by atoms with Gasteiger partial charge in [-0.1, -0.05) is 30.3 Å². The number of sulfonamides is 1. The van der Waals surface area contributed by atoms with Crippen LogP contribution in [-0.4, -0.2) is 19.3 Å². The molecule has 7 nitrogen and oxygen atoms in total. The third kappa shape index (κ3) is 6.28. The number of anilines is 2. The molecule has 1 aromatic heterocycles. The van der Waals surface area contributed by atoms with Crippen molar-refractivity contribution >= 4 is 44.2 Å². The molecule has 0 spiro atoms. The highest BCUT2D eigenvalue weighted by Crippen LogP contribution is 2.22. The maximum atomic E-state index is 12.4. The number of benzene rings is 3. The Morgan fingerprint density at radius 3 is 2.27 bits per heavy atom. The number of carbonyl (C=O) groups excluding carboxylic acids is 1. The first kappa shape index (κ1) is 22.3. The molecule has 0 saturated carbocycles. The number of aromatic nitrogens is 1. The lowest BCUT2D eigenvalue weighted by Gasteiger charge is -2.07. The van der Waals surface area contributed by atoms with Gasteiger partial charge < -0.3 is 10.1 Å². The zero-order valence-electron chi connectivity index (χ0n) is 17.2. The summed E-state index contributed by atoms with van der Waals surface area (Å²) in [4.78, 5) is 16.2. The molecule has 9 heteroatoms. The predicted octanol–water partition coefficient (Wildman–Crippen LogP) is 5.39. The first-order valence-corrected chi connectivity index (χ1v) is 12.2. The Kier molecular flexibility index (Phi) is 6.82. The van der Waals surface area contributed by atoms with E-state index in [2.05, 4.69) is 15.0 Å². The van der Waals surface area contributed by atoms with E-state index in [1.54, 1.807) is 11.5 Å². The van der Waals surface area contributed by atoms with Crippen molar-refractivity contribution in [2.45, 2.75) is 4.90 Å². The Bertz CT molecular complexity index is 1340. The van der Waals surface area contributed by atoms with Crippen LogP contribution < -0.4 is 14.8 Å². The second-order valence-electron chi connectivity index (χ2n) is 6.77. The molecular formula is C24H19N3O4S2. The van der Waals surface area contributed by atoms with Gasteiger partial charge in [0.15, 0.2) is 5.13 Å². The van der Waals surface area contributed by atoms with Crippen LogP contribution in [0.25, 0.3) is 6.08 Å². The maximum absolute atomic E-state index is 12.4. The van der Waals surface area contributed by atoms with Crippen LogP contribution in [0.3, 0.4) is 0 Å². The fourth-order valence-corrected chi connectivity index (χ4v) is 4.58. The summed E-state index contributed by atoms with van der Waals surface area (Å²) in [6.45, 7) is 0. The van der Waals surface area contributed by atoms with E-state index in [1.165, 1.54) is 47.9 Å². The number of nitrogens with zero attached hydrogens (tertiary/aromatic N) is 1. The largest absolute Gasteiger partial charge is 0.457 e. The van der Waals surface area contributed by atoms with Crippen LogP contribution in [0, 0.1) is 0 Å². The molecular weight excluding hydrogens is 458 g/mol. The Morgan fingerprint density at radius 1 is 0.909 bits per heavy atom. The van der Waals surface area contributed by atoms with Crippen molar-refractivity contribution in [2.24, 2.45) is 0 Å². The van der Waals surface area contributed by atoms with Crippen molar-refractivity contribution in [1.82, 2.24) is 4.98 Å². The van der Waals surface area contributed by atoms with Gasteiger partial charge in [0, 0.05) is 23.3 Å². The maximum Gasteiger partial charge on any atom is 0.263 e. The Balaban J connectivity index is 1.32. The molecule has 0 atom stereocenters. The number of amides is 1. The lowest BCUT2D eigenvalue weighted by Crippen LogP contribution is -2.13. The van der Waals surface area contributed by atoms with Crippen LogP contribution in [0.1, 0.15) is 5.56 Å². The summed E-state index contributed by atoms with van der Waals surface area (Å²) in [6, 6.07) is 22.7. The van der Waals surface area contributed by atoms with Crippen LogP contribution in [0.15, 0.2) is 101 Å². The smallest absolute Gasteiger partial charge is 0.263 e. The fraction of sp³-hybridized carbons (Fsp3) is 0. The summed E-state index contributed by atoms with van der Waals surface area (Å²) >= 11 is 1.19. The minimum absolute atomic E-state index is 0.0732. The van der Waals surface area contributed by atoms with Gasteiger partial charge in [-0.2, -0.15) is 0 Å². The predicted molar refractivity (Wildman–Crippen MR) is 130 cm³/mol. The summed E-state index contributed by atoms with van der Waals surface area (Å²) < 4.78 is 32.9. The lowest BCUT2D eigenvalue weighted by molar-refractivity contribution is -0.111. The summed E-state index contributed by atoms with van der Waals surface area (Å²) in [5, 5.41) is 4.67. The third-order valence-corrected chi connectivity index (χ3v) is 6.54. The molecule has 166 valence electrons. The van der Waals surface area contributed by atoms with Gasteiger partial charge in [-0.25, -0.2) is 13.4 Å². The van der Waals surface area contributed by atoms with E-state index in [-0.39, 0.29) is 15.9 Å². The molecule has 1 amide bonds. The summed E-state index contributed by atoms with van der Waals surface area (Å²) in [5.41, 5.74) is 1.31. The third-order valence-electron chi connectivity index (χ3n) is 4.37. The molecule has 0 unspecified atom stereocenters. The first-order chi connectivity index (χ1) is 16.0. The minimum Gasteiger partial charge on any atom is -0.457 e. The van der Waals surface area contributed by atoms with Crippen molar-refractivity contribution in [3.05, 3.63) is 102 Å². The molecule has 4 rings (SSSR count). The molecule has 0 bridgehead atoms. The second-order valence-corrected chi connectivity index (χ2v) is 9.35. The van der Waals surface area contributed by atoms with Gasteiger partial charge in [0.2, 0.25) is 5.91 Å². The lowest BCUT2D eigenvalue weighted by atomic mass is 10.2. The van der Waals surface area contributed by atoms with Crippen LogP contribution in [-0.2, 0) is 14.8 Å². The SMILES string of the molecule is O=C(/C=C/c1ccc(Oc2ccccc2)cc1)Nc1ccc(S(=O)(=O)Nc2nccs2)cc1. The quantitative estimate of drug-likeness (QED) is 0.332.